The Balaban J connectivity index is 2.16. The molecule has 0 heterocycles. The summed E-state index contributed by atoms with van der Waals surface area (Å²) in [6, 6.07) is 8.33. The van der Waals surface area contributed by atoms with Gasteiger partial charge < -0.3 is 5.73 Å². The monoisotopic (exact) mass is 259 g/mol. The molecule has 1 aliphatic rings. The van der Waals surface area contributed by atoms with Gasteiger partial charge in [0.15, 0.2) is 0 Å². The summed E-state index contributed by atoms with van der Waals surface area (Å²) in [6.07, 6.45) is 1.77. The van der Waals surface area contributed by atoms with E-state index in [1.165, 1.54) is 12.1 Å². The molecule has 1 atom stereocenters. The number of benzene rings is 2. The van der Waals surface area contributed by atoms with E-state index in [2.05, 4.69) is 0 Å². The molecule has 2 aromatic rings. The average Bonchev–Trinajstić information content (AvgIpc) is 2.76. The molecule has 98 valence electrons. The normalized spacial score (nSPS) is 17.6. The minimum Gasteiger partial charge on any atom is -0.324 e. The Morgan fingerprint density at radius 2 is 1.95 bits per heavy atom. The molecule has 0 bridgehead atoms. The van der Waals surface area contributed by atoms with Crippen molar-refractivity contribution in [3.8, 4) is 11.1 Å². The molecular formula is C16H15F2N. The number of hydrogen-bond acceptors (Lipinski definition) is 1. The summed E-state index contributed by atoms with van der Waals surface area (Å²) in [6.45, 7) is 1.64. The summed E-state index contributed by atoms with van der Waals surface area (Å²) in [5, 5.41) is 0. The zero-order valence-corrected chi connectivity index (χ0v) is 10.7. The van der Waals surface area contributed by atoms with Gasteiger partial charge in [0, 0.05) is 6.04 Å². The Bertz CT molecular complexity index is 649. The van der Waals surface area contributed by atoms with Crippen molar-refractivity contribution in [2.75, 3.05) is 0 Å². The zero-order chi connectivity index (χ0) is 13.6. The third-order valence-corrected chi connectivity index (χ3v) is 3.84. The molecule has 2 N–H and O–H groups in total. The molecule has 0 fully saturated rings. The number of nitrogens with two attached hydrogens (primary N) is 1. The fourth-order valence-electron chi connectivity index (χ4n) is 2.73. The first-order chi connectivity index (χ1) is 9.08. The first kappa shape index (κ1) is 12.3. The van der Waals surface area contributed by atoms with Crippen molar-refractivity contribution in [1.82, 2.24) is 0 Å². The van der Waals surface area contributed by atoms with Crippen LogP contribution in [0.3, 0.4) is 0 Å². The van der Waals surface area contributed by atoms with E-state index >= 15 is 0 Å². The van der Waals surface area contributed by atoms with E-state index in [1.54, 1.807) is 13.0 Å². The van der Waals surface area contributed by atoms with E-state index in [4.69, 9.17) is 5.73 Å². The van der Waals surface area contributed by atoms with Crippen LogP contribution in [-0.2, 0) is 6.42 Å². The Morgan fingerprint density at radius 1 is 1.16 bits per heavy atom. The summed E-state index contributed by atoms with van der Waals surface area (Å²) in [4.78, 5) is 0. The summed E-state index contributed by atoms with van der Waals surface area (Å²) >= 11 is 0. The Labute approximate surface area is 111 Å². The van der Waals surface area contributed by atoms with E-state index in [9.17, 15) is 8.78 Å². The van der Waals surface area contributed by atoms with Gasteiger partial charge in [0.25, 0.3) is 0 Å². The van der Waals surface area contributed by atoms with Crippen LogP contribution in [-0.4, -0.2) is 0 Å². The van der Waals surface area contributed by atoms with Crippen molar-refractivity contribution < 1.29 is 8.78 Å². The van der Waals surface area contributed by atoms with Crippen molar-refractivity contribution in [2.45, 2.75) is 25.8 Å². The van der Waals surface area contributed by atoms with Gasteiger partial charge in [0.05, 0.1) is 5.56 Å². The fourth-order valence-corrected chi connectivity index (χ4v) is 2.73. The van der Waals surface area contributed by atoms with Gasteiger partial charge in [-0.1, -0.05) is 24.3 Å². The second-order valence-corrected chi connectivity index (χ2v) is 5.11. The largest absolute Gasteiger partial charge is 0.324 e. The second kappa shape index (κ2) is 4.42. The lowest BCUT2D eigenvalue weighted by Gasteiger charge is -2.10. The molecule has 19 heavy (non-hydrogen) atoms. The maximum Gasteiger partial charge on any atom is 0.136 e. The summed E-state index contributed by atoms with van der Waals surface area (Å²) < 4.78 is 28.0. The van der Waals surface area contributed by atoms with Crippen molar-refractivity contribution in [2.24, 2.45) is 5.73 Å². The Hall–Kier alpha value is -1.74. The molecule has 1 aliphatic carbocycles. The van der Waals surface area contributed by atoms with Crippen LogP contribution in [0.2, 0.25) is 0 Å². The lowest BCUT2D eigenvalue weighted by atomic mass is 9.97. The van der Waals surface area contributed by atoms with E-state index in [0.717, 1.165) is 24.0 Å². The molecule has 3 heteroatoms. The van der Waals surface area contributed by atoms with Gasteiger partial charge in [0.2, 0.25) is 0 Å². The van der Waals surface area contributed by atoms with Crippen LogP contribution >= 0.6 is 0 Å². The number of rotatable bonds is 1. The number of halogens is 2. The smallest absolute Gasteiger partial charge is 0.136 e. The Kier molecular flexibility index (Phi) is 2.86. The van der Waals surface area contributed by atoms with Gasteiger partial charge in [0.1, 0.15) is 11.6 Å². The lowest BCUT2D eigenvalue weighted by Crippen LogP contribution is -2.05. The van der Waals surface area contributed by atoms with Gasteiger partial charge in [-0.25, -0.2) is 8.78 Å². The van der Waals surface area contributed by atoms with Crippen LogP contribution in [0.1, 0.15) is 29.2 Å². The van der Waals surface area contributed by atoms with Crippen LogP contribution in [0.15, 0.2) is 30.3 Å². The molecule has 2 aromatic carbocycles. The van der Waals surface area contributed by atoms with Crippen molar-refractivity contribution in [1.29, 1.82) is 0 Å². The second-order valence-electron chi connectivity index (χ2n) is 5.11. The molecule has 0 saturated heterocycles. The highest BCUT2D eigenvalue weighted by Crippen LogP contribution is 2.35. The first-order valence-corrected chi connectivity index (χ1v) is 6.41. The van der Waals surface area contributed by atoms with Crippen LogP contribution in [0.5, 0.6) is 0 Å². The van der Waals surface area contributed by atoms with Crippen LogP contribution in [0.4, 0.5) is 8.78 Å². The molecule has 0 aliphatic heterocycles. The summed E-state index contributed by atoms with van der Waals surface area (Å²) in [5.74, 6) is -1.01. The van der Waals surface area contributed by atoms with Crippen molar-refractivity contribution in [3.05, 3.63) is 58.7 Å². The van der Waals surface area contributed by atoms with Gasteiger partial charge in [-0.15, -0.1) is 0 Å². The first-order valence-electron chi connectivity index (χ1n) is 6.41. The van der Waals surface area contributed by atoms with Crippen LogP contribution < -0.4 is 5.73 Å². The van der Waals surface area contributed by atoms with Gasteiger partial charge in [-0.3, -0.25) is 0 Å². The van der Waals surface area contributed by atoms with E-state index < -0.39 is 11.6 Å². The molecule has 3 rings (SSSR count). The minimum atomic E-state index is -0.523. The predicted octanol–water partition coefficient (Wildman–Crippen LogP) is 3.89. The van der Waals surface area contributed by atoms with Crippen LogP contribution in [0.25, 0.3) is 11.1 Å². The molecule has 0 radical (unpaired) electrons. The molecule has 0 saturated carbocycles. The highest BCUT2D eigenvalue weighted by atomic mass is 19.1. The van der Waals surface area contributed by atoms with E-state index in [1.807, 2.05) is 12.1 Å². The van der Waals surface area contributed by atoms with Gasteiger partial charge in [-0.05, 0) is 48.1 Å². The van der Waals surface area contributed by atoms with Crippen molar-refractivity contribution in [3.63, 3.8) is 0 Å². The molecular weight excluding hydrogens is 244 g/mol. The quantitative estimate of drug-likeness (QED) is 0.826. The molecule has 1 nitrogen and oxygen atoms in total. The number of hydrogen-bond donors (Lipinski definition) is 1. The molecule has 1 unspecified atom stereocenters. The van der Waals surface area contributed by atoms with E-state index in [-0.39, 0.29) is 11.6 Å². The SMILES string of the molecule is Cc1ccc(F)c(-c2ccc3c(c2)CCC3N)c1F. The fraction of sp³-hybridized carbons (Fsp3) is 0.250. The van der Waals surface area contributed by atoms with Gasteiger partial charge >= 0.3 is 0 Å². The van der Waals surface area contributed by atoms with Gasteiger partial charge in [-0.2, -0.15) is 0 Å². The minimum absolute atomic E-state index is 0.0521. The van der Waals surface area contributed by atoms with Crippen LogP contribution in [0, 0.1) is 18.6 Å². The standard InChI is InChI=1S/C16H15F2N/c1-9-2-6-13(17)15(16(9)18)11-3-5-12-10(8-11)4-7-14(12)19/h2-3,5-6,8,14H,4,7,19H2,1H3. The number of fused-ring (bicyclic) bond motifs is 1. The third-order valence-electron chi connectivity index (χ3n) is 3.84. The average molecular weight is 259 g/mol. The highest BCUT2D eigenvalue weighted by Gasteiger charge is 2.21. The third kappa shape index (κ3) is 1.94. The highest BCUT2D eigenvalue weighted by molar-refractivity contribution is 5.67. The maximum atomic E-state index is 14.1. The zero-order valence-electron chi connectivity index (χ0n) is 10.7. The molecule has 0 aromatic heterocycles. The molecule has 0 amide bonds. The van der Waals surface area contributed by atoms with E-state index in [0.29, 0.717) is 11.1 Å². The topological polar surface area (TPSA) is 26.0 Å². The summed E-state index contributed by atoms with van der Waals surface area (Å²) in [5.41, 5.74) is 9.27. The van der Waals surface area contributed by atoms with Crippen molar-refractivity contribution >= 4 is 0 Å². The summed E-state index contributed by atoms with van der Waals surface area (Å²) in [7, 11) is 0. The predicted molar refractivity (Wildman–Crippen MR) is 71.8 cm³/mol. The molecule has 0 spiro atoms. The Morgan fingerprint density at radius 3 is 2.74 bits per heavy atom. The maximum absolute atomic E-state index is 14.1. The number of aryl methyl sites for hydroxylation is 2. The lowest BCUT2D eigenvalue weighted by molar-refractivity contribution is 0.584.